The van der Waals surface area contributed by atoms with E-state index in [1.54, 1.807) is 13.8 Å². The largest absolute Gasteiger partial charge is 0.478 e. The van der Waals surface area contributed by atoms with Crippen LogP contribution in [0.1, 0.15) is 33.3 Å². The Morgan fingerprint density at radius 1 is 1.40 bits per heavy atom. The molecule has 0 spiro atoms. The molecule has 0 saturated heterocycles. The standard InChI is InChI=1S/C13H13N3O4/c1-3-20-13(19)9-6-14-16(7-9)11-5-4-10(12(17)18)8(2)15-11/h4-7H,3H2,1-2H3,(H,17,18). The molecule has 0 atom stereocenters. The average molecular weight is 275 g/mol. The lowest BCUT2D eigenvalue weighted by atomic mass is 10.2. The van der Waals surface area contributed by atoms with Crippen LogP contribution in [0.2, 0.25) is 0 Å². The van der Waals surface area contributed by atoms with E-state index in [9.17, 15) is 9.59 Å². The van der Waals surface area contributed by atoms with Crippen LogP contribution in [0.3, 0.4) is 0 Å². The van der Waals surface area contributed by atoms with Crippen LogP contribution in [0.15, 0.2) is 24.5 Å². The Labute approximate surface area is 114 Å². The number of carboxylic acids is 1. The van der Waals surface area contributed by atoms with Gasteiger partial charge < -0.3 is 9.84 Å². The number of carbonyl (C=O) groups is 2. The van der Waals surface area contributed by atoms with Crippen LogP contribution in [0.4, 0.5) is 0 Å². The summed E-state index contributed by atoms with van der Waals surface area (Å²) in [6.07, 6.45) is 2.86. The van der Waals surface area contributed by atoms with Crippen LogP contribution in [0, 0.1) is 6.92 Å². The number of hydrogen-bond donors (Lipinski definition) is 1. The molecule has 0 unspecified atom stereocenters. The van der Waals surface area contributed by atoms with Crippen LogP contribution < -0.4 is 0 Å². The maximum atomic E-state index is 11.5. The van der Waals surface area contributed by atoms with Crippen LogP contribution in [-0.4, -0.2) is 38.4 Å². The van der Waals surface area contributed by atoms with E-state index in [2.05, 4.69) is 10.1 Å². The number of rotatable bonds is 4. The molecule has 1 N–H and O–H groups in total. The van der Waals surface area contributed by atoms with Crippen molar-refractivity contribution in [1.82, 2.24) is 14.8 Å². The van der Waals surface area contributed by atoms with Gasteiger partial charge in [-0.15, -0.1) is 0 Å². The molecule has 2 rings (SSSR count). The van der Waals surface area contributed by atoms with E-state index in [0.717, 1.165) is 0 Å². The predicted molar refractivity (Wildman–Crippen MR) is 69.0 cm³/mol. The summed E-state index contributed by atoms with van der Waals surface area (Å²) in [4.78, 5) is 26.6. The van der Waals surface area contributed by atoms with Crippen molar-refractivity contribution in [3.8, 4) is 5.82 Å². The Kier molecular flexibility index (Phi) is 3.79. The van der Waals surface area contributed by atoms with Gasteiger partial charge in [0.05, 0.1) is 29.6 Å². The van der Waals surface area contributed by atoms with Gasteiger partial charge >= 0.3 is 11.9 Å². The zero-order chi connectivity index (χ0) is 14.7. The molecule has 0 aliphatic rings. The van der Waals surface area contributed by atoms with Gasteiger partial charge in [0.2, 0.25) is 0 Å². The first-order valence-corrected chi connectivity index (χ1v) is 5.96. The third-order valence-electron chi connectivity index (χ3n) is 2.63. The van der Waals surface area contributed by atoms with E-state index >= 15 is 0 Å². The Morgan fingerprint density at radius 3 is 2.75 bits per heavy atom. The fourth-order valence-corrected chi connectivity index (χ4v) is 1.67. The number of nitrogens with zero attached hydrogens (tertiary/aromatic N) is 3. The van der Waals surface area contributed by atoms with Crippen LogP contribution >= 0.6 is 0 Å². The number of carboxylic acid groups (broad SMARTS) is 1. The maximum absolute atomic E-state index is 11.5. The number of aromatic carboxylic acids is 1. The summed E-state index contributed by atoms with van der Waals surface area (Å²) >= 11 is 0. The molecule has 0 aliphatic carbocycles. The molecule has 0 amide bonds. The molecule has 0 bridgehead atoms. The SMILES string of the molecule is CCOC(=O)c1cnn(-c2ccc(C(=O)O)c(C)n2)c1. The number of esters is 1. The van der Waals surface area contributed by atoms with E-state index in [1.165, 1.54) is 29.2 Å². The summed E-state index contributed by atoms with van der Waals surface area (Å²) in [6.45, 7) is 3.61. The van der Waals surface area contributed by atoms with Gasteiger partial charge in [-0.05, 0) is 26.0 Å². The van der Waals surface area contributed by atoms with Crippen molar-refractivity contribution >= 4 is 11.9 Å². The molecule has 0 saturated carbocycles. The first kappa shape index (κ1) is 13.7. The second-order valence-electron chi connectivity index (χ2n) is 4.00. The highest BCUT2D eigenvalue weighted by Crippen LogP contribution is 2.11. The predicted octanol–water partition coefficient (Wildman–Crippen LogP) is 1.45. The molecule has 0 fully saturated rings. The number of aromatic nitrogens is 3. The van der Waals surface area contributed by atoms with Gasteiger partial charge in [-0.25, -0.2) is 19.3 Å². The Hall–Kier alpha value is -2.70. The van der Waals surface area contributed by atoms with Crippen molar-refractivity contribution in [2.24, 2.45) is 0 Å². The second-order valence-corrected chi connectivity index (χ2v) is 4.00. The van der Waals surface area contributed by atoms with Crippen LogP contribution in [0.25, 0.3) is 5.82 Å². The van der Waals surface area contributed by atoms with E-state index in [4.69, 9.17) is 9.84 Å². The Bertz CT molecular complexity index is 663. The number of hydrogen-bond acceptors (Lipinski definition) is 5. The van der Waals surface area contributed by atoms with Gasteiger partial charge in [0.15, 0.2) is 5.82 Å². The molecule has 20 heavy (non-hydrogen) atoms. The number of ether oxygens (including phenoxy) is 1. The van der Waals surface area contributed by atoms with Crippen molar-refractivity contribution in [2.45, 2.75) is 13.8 Å². The van der Waals surface area contributed by atoms with Crippen molar-refractivity contribution in [1.29, 1.82) is 0 Å². The lowest BCUT2D eigenvalue weighted by Crippen LogP contribution is -2.06. The summed E-state index contributed by atoms with van der Waals surface area (Å²) in [5.41, 5.74) is 0.823. The third-order valence-corrected chi connectivity index (χ3v) is 2.63. The Balaban J connectivity index is 2.31. The molecule has 2 aromatic heterocycles. The molecule has 7 heteroatoms. The highest BCUT2D eigenvalue weighted by molar-refractivity contribution is 5.89. The molecule has 2 heterocycles. The summed E-state index contributed by atoms with van der Waals surface area (Å²) in [5, 5.41) is 13.0. The van der Waals surface area contributed by atoms with E-state index in [-0.39, 0.29) is 12.2 Å². The molecule has 0 aromatic carbocycles. The summed E-state index contributed by atoms with van der Waals surface area (Å²) in [5.74, 6) is -1.06. The number of aryl methyl sites for hydroxylation is 1. The minimum Gasteiger partial charge on any atom is -0.478 e. The van der Waals surface area contributed by atoms with Gasteiger partial charge in [0.1, 0.15) is 0 Å². The summed E-state index contributed by atoms with van der Waals surface area (Å²) < 4.78 is 6.25. The molecular weight excluding hydrogens is 262 g/mol. The van der Waals surface area contributed by atoms with Crippen molar-refractivity contribution < 1.29 is 19.4 Å². The molecule has 0 radical (unpaired) electrons. The zero-order valence-corrected chi connectivity index (χ0v) is 11.0. The van der Waals surface area contributed by atoms with Crippen LogP contribution in [-0.2, 0) is 4.74 Å². The van der Waals surface area contributed by atoms with Gasteiger partial charge in [0.25, 0.3) is 0 Å². The number of carbonyl (C=O) groups excluding carboxylic acids is 1. The smallest absolute Gasteiger partial charge is 0.341 e. The molecule has 0 aliphatic heterocycles. The lowest BCUT2D eigenvalue weighted by molar-refractivity contribution is 0.0526. The third kappa shape index (κ3) is 2.66. The molecule has 104 valence electrons. The minimum absolute atomic E-state index is 0.131. The van der Waals surface area contributed by atoms with Gasteiger partial charge in [-0.3, -0.25) is 0 Å². The fraction of sp³-hybridized carbons (Fsp3) is 0.231. The second kappa shape index (κ2) is 5.52. The maximum Gasteiger partial charge on any atom is 0.341 e. The average Bonchev–Trinajstić information content (AvgIpc) is 2.88. The first-order chi connectivity index (χ1) is 9.52. The highest BCUT2D eigenvalue weighted by atomic mass is 16.5. The monoisotopic (exact) mass is 275 g/mol. The molecule has 2 aromatic rings. The van der Waals surface area contributed by atoms with E-state index in [1.807, 2.05) is 0 Å². The quantitative estimate of drug-likeness (QED) is 0.849. The van der Waals surface area contributed by atoms with E-state index < -0.39 is 11.9 Å². The normalized spacial score (nSPS) is 10.3. The highest BCUT2D eigenvalue weighted by Gasteiger charge is 2.13. The number of pyridine rings is 1. The zero-order valence-electron chi connectivity index (χ0n) is 11.0. The van der Waals surface area contributed by atoms with Gasteiger partial charge in [-0.1, -0.05) is 0 Å². The molecule has 7 nitrogen and oxygen atoms in total. The molecular formula is C13H13N3O4. The van der Waals surface area contributed by atoms with Crippen LogP contribution in [0.5, 0.6) is 0 Å². The van der Waals surface area contributed by atoms with Crippen molar-refractivity contribution in [2.75, 3.05) is 6.61 Å². The van der Waals surface area contributed by atoms with E-state index in [0.29, 0.717) is 17.1 Å². The van der Waals surface area contributed by atoms with Gasteiger partial charge in [-0.2, -0.15) is 5.10 Å². The topological polar surface area (TPSA) is 94.3 Å². The minimum atomic E-state index is -1.03. The van der Waals surface area contributed by atoms with Crippen molar-refractivity contribution in [3.63, 3.8) is 0 Å². The Morgan fingerprint density at radius 2 is 2.15 bits per heavy atom. The van der Waals surface area contributed by atoms with Crippen molar-refractivity contribution in [3.05, 3.63) is 41.3 Å². The first-order valence-electron chi connectivity index (χ1n) is 5.96. The fourth-order valence-electron chi connectivity index (χ4n) is 1.67. The van der Waals surface area contributed by atoms with Gasteiger partial charge in [0, 0.05) is 6.20 Å². The summed E-state index contributed by atoms with van der Waals surface area (Å²) in [6, 6.07) is 2.98. The lowest BCUT2D eigenvalue weighted by Gasteiger charge is -2.04. The summed E-state index contributed by atoms with van der Waals surface area (Å²) in [7, 11) is 0.